The van der Waals surface area contributed by atoms with Crippen molar-refractivity contribution in [1.82, 2.24) is 10.2 Å². The van der Waals surface area contributed by atoms with Crippen molar-refractivity contribution in [1.29, 1.82) is 0 Å². The normalized spacial score (nSPS) is 23.1. The Balaban J connectivity index is 1.50. The van der Waals surface area contributed by atoms with Gasteiger partial charge in [0.25, 0.3) is 0 Å². The predicted octanol–water partition coefficient (Wildman–Crippen LogP) is 3.63. The minimum absolute atomic E-state index is 0.745. The molecule has 0 radical (unpaired) electrons. The van der Waals surface area contributed by atoms with Crippen LogP contribution in [-0.2, 0) is 0 Å². The lowest BCUT2D eigenvalue weighted by molar-refractivity contribution is 0.167. The molecule has 0 amide bonds. The second-order valence-electron chi connectivity index (χ2n) is 6.29. The number of piperidine rings is 2. The van der Waals surface area contributed by atoms with Gasteiger partial charge in [-0.25, -0.2) is 0 Å². The molecule has 110 valence electrons. The first kappa shape index (κ1) is 14.6. The largest absolute Gasteiger partial charge is 0.317 e. The predicted molar refractivity (Wildman–Crippen MR) is 88.2 cm³/mol. The van der Waals surface area contributed by atoms with Crippen molar-refractivity contribution in [3.05, 3.63) is 34.3 Å². The van der Waals surface area contributed by atoms with Gasteiger partial charge in [-0.3, -0.25) is 0 Å². The van der Waals surface area contributed by atoms with Crippen LogP contribution in [0.1, 0.15) is 37.2 Å². The number of hydrogen-bond donors (Lipinski definition) is 1. The van der Waals surface area contributed by atoms with Crippen LogP contribution in [0.15, 0.2) is 28.7 Å². The fourth-order valence-corrected chi connectivity index (χ4v) is 4.27. The number of hydrogen-bond acceptors (Lipinski definition) is 2. The summed E-state index contributed by atoms with van der Waals surface area (Å²) in [5.74, 6) is 1.67. The molecule has 2 aliphatic heterocycles. The van der Waals surface area contributed by atoms with Crippen LogP contribution in [0.2, 0.25) is 0 Å². The van der Waals surface area contributed by atoms with E-state index in [4.69, 9.17) is 0 Å². The summed E-state index contributed by atoms with van der Waals surface area (Å²) in [5, 5.41) is 3.46. The Labute approximate surface area is 131 Å². The molecule has 0 unspecified atom stereocenters. The molecule has 2 saturated heterocycles. The third kappa shape index (κ3) is 3.63. The molecule has 0 spiro atoms. The van der Waals surface area contributed by atoms with Gasteiger partial charge in [0.2, 0.25) is 0 Å². The standard InChI is InChI=1S/C17H25BrN2/c18-17-4-2-1-3-16(17)15-7-11-20(12-8-15)13-14-5-9-19-10-6-14/h1-4,14-15,19H,5-13H2. The molecule has 2 aliphatic rings. The van der Waals surface area contributed by atoms with Crippen LogP contribution in [0.3, 0.4) is 0 Å². The van der Waals surface area contributed by atoms with E-state index in [1.165, 1.54) is 68.4 Å². The smallest absolute Gasteiger partial charge is 0.0210 e. The molecule has 1 aromatic rings. The van der Waals surface area contributed by atoms with E-state index in [-0.39, 0.29) is 0 Å². The number of benzene rings is 1. The van der Waals surface area contributed by atoms with Crippen molar-refractivity contribution >= 4 is 15.9 Å². The zero-order chi connectivity index (χ0) is 13.8. The minimum Gasteiger partial charge on any atom is -0.317 e. The van der Waals surface area contributed by atoms with Crippen molar-refractivity contribution in [3.8, 4) is 0 Å². The molecule has 2 nitrogen and oxygen atoms in total. The third-order valence-electron chi connectivity index (χ3n) is 4.91. The van der Waals surface area contributed by atoms with E-state index in [1.54, 1.807) is 0 Å². The number of nitrogens with one attached hydrogen (secondary N) is 1. The van der Waals surface area contributed by atoms with Gasteiger partial charge in [-0.15, -0.1) is 0 Å². The highest BCUT2D eigenvalue weighted by Gasteiger charge is 2.24. The Morgan fingerprint density at radius 1 is 1.05 bits per heavy atom. The number of rotatable bonds is 3. The molecule has 0 saturated carbocycles. The summed E-state index contributed by atoms with van der Waals surface area (Å²) >= 11 is 3.71. The lowest BCUT2D eigenvalue weighted by Crippen LogP contribution is -2.39. The Kier molecular flexibility index (Phi) is 5.14. The Hall–Kier alpha value is -0.380. The molecule has 1 aromatic carbocycles. The zero-order valence-electron chi connectivity index (χ0n) is 12.2. The van der Waals surface area contributed by atoms with E-state index >= 15 is 0 Å². The van der Waals surface area contributed by atoms with Gasteiger partial charge in [0.05, 0.1) is 0 Å². The highest BCUT2D eigenvalue weighted by molar-refractivity contribution is 9.10. The molecule has 0 aromatic heterocycles. The number of likely N-dealkylation sites (tertiary alicyclic amines) is 1. The van der Waals surface area contributed by atoms with Crippen LogP contribution in [0.5, 0.6) is 0 Å². The highest BCUT2D eigenvalue weighted by Crippen LogP contribution is 2.33. The van der Waals surface area contributed by atoms with Crippen LogP contribution in [0.25, 0.3) is 0 Å². The Bertz CT molecular complexity index is 421. The molecular formula is C17H25BrN2. The molecule has 3 heteroatoms. The first-order valence-corrected chi connectivity index (χ1v) is 8.80. The fourth-order valence-electron chi connectivity index (χ4n) is 3.66. The molecular weight excluding hydrogens is 312 g/mol. The summed E-state index contributed by atoms with van der Waals surface area (Å²) in [6.45, 7) is 6.31. The summed E-state index contributed by atoms with van der Waals surface area (Å²) in [4.78, 5) is 2.70. The van der Waals surface area contributed by atoms with Gasteiger partial charge < -0.3 is 10.2 Å². The summed E-state index contributed by atoms with van der Waals surface area (Å²) in [7, 11) is 0. The maximum absolute atomic E-state index is 3.71. The van der Waals surface area contributed by atoms with Gasteiger partial charge in [0, 0.05) is 11.0 Å². The van der Waals surface area contributed by atoms with Crippen LogP contribution < -0.4 is 5.32 Å². The van der Waals surface area contributed by atoms with Gasteiger partial charge in [-0.2, -0.15) is 0 Å². The van der Waals surface area contributed by atoms with Crippen molar-refractivity contribution in [2.24, 2.45) is 5.92 Å². The first-order chi connectivity index (χ1) is 9.83. The van der Waals surface area contributed by atoms with E-state index in [0.717, 1.165) is 11.8 Å². The van der Waals surface area contributed by atoms with Crippen molar-refractivity contribution < 1.29 is 0 Å². The summed E-state index contributed by atoms with van der Waals surface area (Å²) in [5.41, 5.74) is 1.51. The number of halogens is 1. The number of nitrogens with zero attached hydrogens (tertiary/aromatic N) is 1. The van der Waals surface area contributed by atoms with Crippen LogP contribution in [0, 0.1) is 5.92 Å². The maximum atomic E-state index is 3.71. The molecule has 2 heterocycles. The third-order valence-corrected chi connectivity index (χ3v) is 5.63. The van der Waals surface area contributed by atoms with E-state index in [0.29, 0.717) is 0 Å². The van der Waals surface area contributed by atoms with Gasteiger partial charge in [-0.05, 0) is 75.3 Å². The second-order valence-corrected chi connectivity index (χ2v) is 7.14. The lowest BCUT2D eigenvalue weighted by Gasteiger charge is -2.35. The molecule has 0 aliphatic carbocycles. The Morgan fingerprint density at radius 3 is 2.45 bits per heavy atom. The fraction of sp³-hybridized carbons (Fsp3) is 0.647. The van der Waals surface area contributed by atoms with E-state index in [2.05, 4.69) is 50.4 Å². The van der Waals surface area contributed by atoms with Gasteiger partial charge in [0.15, 0.2) is 0 Å². The topological polar surface area (TPSA) is 15.3 Å². The van der Waals surface area contributed by atoms with Crippen LogP contribution in [-0.4, -0.2) is 37.6 Å². The average molecular weight is 337 g/mol. The molecule has 3 rings (SSSR count). The molecule has 0 bridgehead atoms. The highest BCUT2D eigenvalue weighted by atomic mass is 79.9. The lowest BCUT2D eigenvalue weighted by atomic mass is 9.88. The van der Waals surface area contributed by atoms with Gasteiger partial charge in [-0.1, -0.05) is 34.1 Å². The first-order valence-electron chi connectivity index (χ1n) is 8.00. The minimum atomic E-state index is 0.745. The van der Waals surface area contributed by atoms with E-state index < -0.39 is 0 Å². The summed E-state index contributed by atoms with van der Waals surface area (Å²) < 4.78 is 1.29. The molecule has 2 fully saturated rings. The van der Waals surface area contributed by atoms with E-state index in [9.17, 15) is 0 Å². The summed E-state index contributed by atoms with van der Waals surface area (Å²) in [6.07, 6.45) is 5.36. The zero-order valence-corrected chi connectivity index (χ0v) is 13.7. The van der Waals surface area contributed by atoms with Crippen molar-refractivity contribution in [2.45, 2.75) is 31.6 Å². The van der Waals surface area contributed by atoms with Crippen LogP contribution in [0.4, 0.5) is 0 Å². The van der Waals surface area contributed by atoms with Crippen molar-refractivity contribution in [3.63, 3.8) is 0 Å². The molecule has 0 atom stereocenters. The Morgan fingerprint density at radius 2 is 1.75 bits per heavy atom. The second kappa shape index (κ2) is 7.06. The van der Waals surface area contributed by atoms with Crippen LogP contribution >= 0.6 is 15.9 Å². The van der Waals surface area contributed by atoms with Crippen molar-refractivity contribution in [2.75, 3.05) is 32.7 Å². The summed E-state index contributed by atoms with van der Waals surface area (Å²) in [6, 6.07) is 8.75. The van der Waals surface area contributed by atoms with Gasteiger partial charge in [0.1, 0.15) is 0 Å². The molecule has 20 heavy (non-hydrogen) atoms. The maximum Gasteiger partial charge on any atom is 0.0210 e. The van der Waals surface area contributed by atoms with Gasteiger partial charge >= 0.3 is 0 Å². The quantitative estimate of drug-likeness (QED) is 0.906. The van der Waals surface area contributed by atoms with E-state index in [1.807, 2.05) is 0 Å². The monoisotopic (exact) mass is 336 g/mol. The molecule has 1 N–H and O–H groups in total. The average Bonchev–Trinajstić information content (AvgIpc) is 2.50. The SMILES string of the molecule is Brc1ccccc1C1CCN(CC2CCNCC2)CC1.